The molecule has 0 aromatic carbocycles. The lowest BCUT2D eigenvalue weighted by atomic mass is 9.42. The van der Waals surface area contributed by atoms with E-state index in [2.05, 4.69) is 0 Å². The van der Waals surface area contributed by atoms with Gasteiger partial charge in [0.1, 0.15) is 31.5 Å². The molecule has 0 aromatic rings. The lowest BCUT2D eigenvalue weighted by molar-refractivity contribution is -0.244. The van der Waals surface area contributed by atoms with Gasteiger partial charge in [-0.3, -0.25) is 9.59 Å². The van der Waals surface area contributed by atoms with Gasteiger partial charge in [0.2, 0.25) is 0 Å². The lowest BCUT2D eigenvalue weighted by Crippen LogP contribution is -2.69. The summed E-state index contributed by atoms with van der Waals surface area (Å²) in [5.41, 5.74) is -5.72. The maximum absolute atomic E-state index is 14.4. The first-order chi connectivity index (χ1) is 24.9. The largest absolute Gasteiger partial charge is 0.461 e. The van der Waals surface area contributed by atoms with Crippen LogP contribution in [0.2, 0.25) is 0 Å². The Labute approximate surface area is 303 Å². The van der Waals surface area contributed by atoms with E-state index in [0.29, 0.717) is 24.0 Å². The van der Waals surface area contributed by atoms with Gasteiger partial charge < -0.3 is 44.1 Å². The number of esters is 5. The predicted octanol–water partition coefficient (Wildman–Crippen LogP) is 0.995. The van der Waals surface area contributed by atoms with Gasteiger partial charge in [-0.05, 0) is 85.8 Å². The molecule has 53 heavy (non-hydrogen) atoms. The number of fused-ring (bicyclic) bond motifs is 9. The minimum Gasteiger partial charge on any atom is -0.461 e. The molecule has 4 N–H and O–H groups in total. The maximum atomic E-state index is 14.4. The molecule has 3 heterocycles. The number of aliphatic hydroxyl groups excluding tert-OH is 1. The fourth-order valence-corrected chi connectivity index (χ4v) is 13.2. The van der Waals surface area contributed by atoms with Crippen molar-refractivity contribution in [1.29, 1.82) is 0 Å². The molecule has 14 nitrogen and oxygen atoms in total. The summed E-state index contributed by atoms with van der Waals surface area (Å²) in [5.74, 6) is -8.71. The Kier molecular flexibility index (Phi) is 6.27. The quantitative estimate of drug-likeness (QED) is 0.202. The van der Waals surface area contributed by atoms with E-state index < -0.39 is 87.8 Å². The number of ether oxygens (including phenoxy) is 5. The van der Waals surface area contributed by atoms with Crippen molar-refractivity contribution in [1.82, 2.24) is 0 Å². The van der Waals surface area contributed by atoms with Crippen LogP contribution in [0, 0.1) is 46.3 Å². The summed E-state index contributed by atoms with van der Waals surface area (Å²) in [6.45, 7) is 5.65. The fraction of sp³-hybridized carbons (Fsp3) is 0.667. The second-order valence-corrected chi connectivity index (χ2v) is 17.6. The fourth-order valence-electron chi connectivity index (χ4n) is 13.2. The SMILES string of the molecule is CC1=C2C3=C4[C@](C)([C@@H]5C[C@@H]5[C@@]4(O)C[C@@H]4C35OC(=O)C3=C5CC5[C@]4(C)[C@@H]4C[C@@H]4[C@@]5(O)COC(=O)/C(C)=C/COC(=O)CCC(=O)OC3)[C@@H](O)[C@@]2(O)OC1=O. The van der Waals surface area contributed by atoms with Crippen molar-refractivity contribution in [2.75, 3.05) is 19.8 Å². The third-order valence-electron chi connectivity index (χ3n) is 15.6. The molecule has 3 aliphatic heterocycles. The number of cyclic esters (lactones) is 3. The van der Waals surface area contributed by atoms with Crippen molar-refractivity contribution in [2.45, 2.75) is 94.9 Å². The van der Waals surface area contributed by atoms with Gasteiger partial charge in [-0.2, -0.15) is 0 Å². The normalized spacial score (nSPS) is 51.7. The average molecular weight is 735 g/mol. The standard InChI is InChI=1S/C39H42O14/c1-15-7-8-49-25(40)5-6-26(41)50-13-17-18-11-23-34(3,19-9-22(19)37(23,47)14-51-30(15)42)24-12-36(46)21-10-20(21)35(4)29(36)28(38(18,24)52-32(17)44)27-16(2)31(43)53-39(27,48)33(35)45/h7,19-24,33,45-48H,5-6,8-14H2,1-4H3/b15-7+/t19-,20-,21+,22+,23?,24+,33-,34+,35+,36+,37+,38?,39+/m1/s1. The van der Waals surface area contributed by atoms with Crippen molar-refractivity contribution >= 4 is 29.8 Å². The molecule has 2 unspecified atom stereocenters. The number of carbonyl (C=O) groups excluding carboxylic acids is 5. The van der Waals surface area contributed by atoms with Crippen LogP contribution in [0.3, 0.4) is 0 Å². The van der Waals surface area contributed by atoms with Gasteiger partial charge in [-0.25, -0.2) is 14.4 Å². The number of carbonyl (C=O) groups is 5. The van der Waals surface area contributed by atoms with Gasteiger partial charge in [-0.1, -0.05) is 13.8 Å². The Morgan fingerprint density at radius 1 is 0.774 bits per heavy atom. The van der Waals surface area contributed by atoms with E-state index in [0.717, 1.165) is 0 Å². The summed E-state index contributed by atoms with van der Waals surface area (Å²) >= 11 is 0. The molecule has 7 aliphatic carbocycles. The number of hydrogen-bond acceptors (Lipinski definition) is 14. The molecule has 14 heteroatoms. The second kappa shape index (κ2) is 9.87. The van der Waals surface area contributed by atoms with E-state index in [-0.39, 0.29) is 90.4 Å². The Bertz CT molecular complexity index is 2020. The topological polar surface area (TPSA) is 212 Å². The summed E-state index contributed by atoms with van der Waals surface area (Å²) in [6, 6.07) is 0. The first kappa shape index (κ1) is 33.7. The van der Waals surface area contributed by atoms with Crippen molar-refractivity contribution in [2.24, 2.45) is 46.3 Å². The summed E-state index contributed by atoms with van der Waals surface area (Å²) in [6.07, 6.45) is 0.362. The molecule has 0 aromatic heterocycles. The molecule has 0 saturated heterocycles. The third-order valence-corrected chi connectivity index (χ3v) is 15.6. The van der Waals surface area contributed by atoms with Crippen LogP contribution in [0.15, 0.2) is 45.1 Å². The Hall–Kier alpha value is -3.85. The monoisotopic (exact) mass is 734 g/mol. The molecule has 10 rings (SSSR count). The van der Waals surface area contributed by atoms with Gasteiger partial charge in [-0.15, -0.1) is 0 Å². The average Bonchev–Trinajstić information content (AvgIpc) is 4.01. The molecular weight excluding hydrogens is 692 g/mol. The van der Waals surface area contributed by atoms with Crippen molar-refractivity contribution in [3.05, 3.63) is 45.1 Å². The highest BCUT2D eigenvalue weighted by Crippen LogP contribution is 2.84. The zero-order chi connectivity index (χ0) is 37.6. The molecule has 282 valence electrons. The lowest BCUT2D eigenvalue weighted by Gasteiger charge is -2.64. The molecule has 5 saturated carbocycles. The summed E-state index contributed by atoms with van der Waals surface area (Å²) in [4.78, 5) is 66.3. The zero-order valence-corrected chi connectivity index (χ0v) is 29.9. The van der Waals surface area contributed by atoms with Crippen molar-refractivity contribution in [3.8, 4) is 0 Å². The van der Waals surface area contributed by atoms with Crippen molar-refractivity contribution < 1.29 is 68.1 Å². The van der Waals surface area contributed by atoms with E-state index >= 15 is 0 Å². The molecular formula is C39H42O14. The van der Waals surface area contributed by atoms with Crippen LogP contribution in [0.4, 0.5) is 0 Å². The van der Waals surface area contributed by atoms with Crippen LogP contribution in [0.5, 0.6) is 0 Å². The van der Waals surface area contributed by atoms with E-state index in [1.54, 1.807) is 6.92 Å². The number of rotatable bonds is 0. The van der Waals surface area contributed by atoms with Crippen LogP contribution in [0.1, 0.15) is 66.2 Å². The molecule has 0 radical (unpaired) electrons. The minimum atomic E-state index is -2.51. The zero-order valence-electron chi connectivity index (χ0n) is 29.9. The van der Waals surface area contributed by atoms with E-state index in [1.807, 2.05) is 6.92 Å². The van der Waals surface area contributed by atoms with Crippen LogP contribution in [0.25, 0.3) is 0 Å². The van der Waals surface area contributed by atoms with E-state index in [4.69, 9.17) is 23.7 Å². The minimum absolute atomic E-state index is 0.00694. The molecule has 1 spiro atoms. The Morgan fingerprint density at radius 3 is 2.21 bits per heavy atom. The summed E-state index contributed by atoms with van der Waals surface area (Å²) < 4.78 is 28.8. The van der Waals surface area contributed by atoms with Gasteiger partial charge in [0, 0.05) is 39.5 Å². The van der Waals surface area contributed by atoms with Gasteiger partial charge >= 0.3 is 29.8 Å². The van der Waals surface area contributed by atoms with E-state index in [9.17, 15) is 44.4 Å². The Balaban J connectivity index is 1.21. The van der Waals surface area contributed by atoms with Crippen LogP contribution < -0.4 is 0 Å². The highest BCUT2D eigenvalue weighted by Gasteiger charge is 2.87. The molecule has 2 bridgehead atoms. The van der Waals surface area contributed by atoms with Crippen LogP contribution >= 0.6 is 0 Å². The molecule has 0 amide bonds. The first-order valence-electron chi connectivity index (χ1n) is 18.6. The third kappa shape index (κ3) is 3.67. The number of hydrogen-bond donors (Lipinski definition) is 4. The molecule has 10 aliphatic rings. The van der Waals surface area contributed by atoms with E-state index in [1.165, 1.54) is 19.9 Å². The predicted molar refractivity (Wildman–Crippen MR) is 174 cm³/mol. The van der Waals surface area contributed by atoms with Gasteiger partial charge in [0.15, 0.2) is 5.60 Å². The van der Waals surface area contributed by atoms with Crippen LogP contribution in [-0.4, -0.2) is 98.8 Å². The first-order valence-corrected chi connectivity index (χ1v) is 18.6. The highest BCUT2D eigenvalue weighted by molar-refractivity contribution is 5.98. The van der Waals surface area contributed by atoms with Crippen molar-refractivity contribution in [3.63, 3.8) is 0 Å². The smallest absolute Gasteiger partial charge is 0.338 e. The summed E-state index contributed by atoms with van der Waals surface area (Å²) in [7, 11) is 0. The molecule has 13 atom stereocenters. The Morgan fingerprint density at radius 2 is 1.47 bits per heavy atom. The van der Waals surface area contributed by atoms with Gasteiger partial charge in [0.05, 0.1) is 24.0 Å². The van der Waals surface area contributed by atoms with Crippen LogP contribution in [-0.2, 0) is 47.7 Å². The second-order valence-electron chi connectivity index (χ2n) is 17.6. The highest BCUT2D eigenvalue weighted by atomic mass is 16.7. The number of aliphatic hydroxyl groups is 4. The maximum Gasteiger partial charge on any atom is 0.338 e. The molecule has 5 fully saturated rings. The van der Waals surface area contributed by atoms with Gasteiger partial charge in [0.25, 0.3) is 5.79 Å². The summed E-state index contributed by atoms with van der Waals surface area (Å²) in [5, 5.41) is 50.2.